The Hall–Kier alpha value is -2.46. The molecular formula is C13H6BrFN2O3. The predicted octanol–water partition coefficient (Wildman–Crippen LogP) is 4.16. The quantitative estimate of drug-likeness (QED) is 0.622. The average Bonchev–Trinajstić information content (AvgIpc) is 2.41. The summed E-state index contributed by atoms with van der Waals surface area (Å²) >= 11 is 3.18. The topological polar surface area (TPSA) is 76.2 Å². The molecule has 0 aliphatic rings. The third-order valence-corrected chi connectivity index (χ3v) is 3.09. The van der Waals surface area contributed by atoms with Crippen molar-refractivity contribution < 1.29 is 14.1 Å². The van der Waals surface area contributed by atoms with Crippen molar-refractivity contribution in [2.24, 2.45) is 0 Å². The summed E-state index contributed by atoms with van der Waals surface area (Å²) < 4.78 is 18.9. The van der Waals surface area contributed by atoms with Crippen LogP contribution in [0.2, 0.25) is 0 Å². The van der Waals surface area contributed by atoms with Gasteiger partial charge in [0.05, 0.1) is 11.0 Å². The van der Waals surface area contributed by atoms with Gasteiger partial charge in [0, 0.05) is 4.47 Å². The summed E-state index contributed by atoms with van der Waals surface area (Å²) in [6.07, 6.45) is 0. The maximum absolute atomic E-state index is 13.0. The molecule has 0 saturated heterocycles. The normalized spacial score (nSPS) is 9.85. The van der Waals surface area contributed by atoms with Crippen LogP contribution in [-0.4, -0.2) is 4.92 Å². The molecule has 2 rings (SSSR count). The SMILES string of the molecule is N#Cc1c(Br)cccc1Oc1ccc(F)cc1[N+](=O)[O-]. The number of hydrogen-bond donors (Lipinski definition) is 0. The molecule has 5 nitrogen and oxygen atoms in total. The summed E-state index contributed by atoms with van der Waals surface area (Å²) in [5.74, 6) is -0.721. The first-order valence-electron chi connectivity index (χ1n) is 5.33. The number of benzene rings is 2. The Kier molecular flexibility index (Phi) is 3.96. The molecule has 0 aliphatic heterocycles. The van der Waals surface area contributed by atoms with E-state index in [0.29, 0.717) is 4.47 Å². The van der Waals surface area contributed by atoms with E-state index in [-0.39, 0.29) is 17.1 Å². The second-order valence-electron chi connectivity index (χ2n) is 3.70. The molecule has 0 heterocycles. The molecule has 0 N–H and O–H groups in total. The highest BCUT2D eigenvalue weighted by Crippen LogP contribution is 2.35. The summed E-state index contributed by atoms with van der Waals surface area (Å²) in [5.41, 5.74) is -0.306. The minimum absolute atomic E-state index is 0.133. The zero-order valence-electron chi connectivity index (χ0n) is 9.84. The van der Waals surface area contributed by atoms with Gasteiger partial charge in [-0.2, -0.15) is 5.26 Å². The van der Waals surface area contributed by atoms with Gasteiger partial charge in [0.1, 0.15) is 23.2 Å². The van der Waals surface area contributed by atoms with Gasteiger partial charge in [-0.05, 0) is 40.2 Å². The molecule has 0 amide bonds. The third-order valence-electron chi connectivity index (χ3n) is 2.42. The molecule has 0 unspecified atom stereocenters. The molecule has 0 saturated carbocycles. The van der Waals surface area contributed by atoms with Crippen molar-refractivity contribution >= 4 is 21.6 Å². The standard InChI is InChI=1S/C13H6BrFN2O3/c14-10-2-1-3-12(9(10)7-16)20-13-5-4-8(15)6-11(13)17(18)19/h1-6H. The Morgan fingerprint density at radius 2 is 2.05 bits per heavy atom. The van der Waals surface area contributed by atoms with E-state index in [2.05, 4.69) is 15.9 Å². The second-order valence-corrected chi connectivity index (χ2v) is 4.55. The number of nitriles is 1. The van der Waals surface area contributed by atoms with Crippen molar-refractivity contribution in [3.63, 3.8) is 0 Å². The predicted molar refractivity (Wildman–Crippen MR) is 72.0 cm³/mol. The van der Waals surface area contributed by atoms with Crippen LogP contribution >= 0.6 is 15.9 Å². The highest BCUT2D eigenvalue weighted by atomic mass is 79.9. The van der Waals surface area contributed by atoms with E-state index in [1.807, 2.05) is 6.07 Å². The van der Waals surface area contributed by atoms with Gasteiger partial charge in [-0.15, -0.1) is 0 Å². The van der Waals surface area contributed by atoms with Crippen LogP contribution in [-0.2, 0) is 0 Å². The Labute approximate surface area is 121 Å². The molecular weight excluding hydrogens is 331 g/mol. The molecule has 0 aromatic heterocycles. The van der Waals surface area contributed by atoms with Crippen LogP contribution in [0.25, 0.3) is 0 Å². The van der Waals surface area contributed by atoms with Crippen molar-refractivity contribution in [3.8, 4) is 17.6 Å². The van der Waals surface area contributed by atoms with Gasteiger partial charge in [-0.25, -0.2) is 4.39 Å². The van der Waals surface area contributed by atoms with E-state index >= 15 is 0 Å². The first-order chi connectivity index (χ1) is 9.52. The molecule has 0 spiro atoms. The molecule has 2 aromatic carbocycles. The first kappa shape index (κ1) is 14.0. The van der Waals surface area contributed by atoms with Crippen LogP contribution < -0.4 is 4.74 Å². The van der Waals surface area contributed by atoms with Gasteiger partial charge in [0.2, 0.25) is 5.75 Å². The minimum Gasteiger partial charge on any atom is -0.449 e. The summed E-state index contributed by atoms with van der Waals surface area (Å²) in [7, 11) is 0. The van der Waals surface area contributed by atoms with Crippen molar-refractivity contribution in [3.05, 3.63) is 62.4 Å². The first-order valence-corrected chi connectivity index (χ1v) is 6.12. The Morgan fingerprint density at radius 3 is 2.70 bits per heavy atom. The van der Waals surface area contributed by atoms with Crippen LogP contribution in [0.15, 0.2) is 40.9 Å². The molecule has 0 aliphatic carbocycles. The van der Waals surface area contributed by atoms with Crippen molar-refractivity contribution in [2.75, 3.05) is 0 Å². The number of halogens is 2. The van der Waals surface area contributed by atoms with Gasteiger partial charge in [-0.1, -0.05) is 6.07 Å². The number of ether oxygens (including phenoxy) is 1. The minimum atomic E-state index is -0.748. The number of nitro groups is 1. The van der Waals surface area contributed by atoms with E-state index < -0.39 is 16.4 Å². The maximum atomic E-state index is 13.0. The summed E-state index contributed by atoms with van der Waals surface area (Å²) in [6.45, 7) is 0. The van der Waals surface area contributed by atoms with Gasteiger partial charge in [0.25, 0.3) is 0 Å². The zero-order chi connectivity index (χ0) is 14.7. The molecule has 0 fully saturated rings. The molecule has 2 aromatic rings. The molecule has 0 bridgehead atoms. The summed E-state index contributed by atoms with van der Waals surface area (Å²) in [5, 5.41) is 19.9. The summed E-state index contributed by atoms with van der Waals surface area (Å²) in [6, 6.07) is 9.65. The fraction of sp³-hybridized carbons (Fsp3) is 0. The van der Waals surface area contributed by atoms with Crippen molar-refractivity contribution in [1.29, 1.82) is 5.26 Å². The zero-order valence-corrected chi connectivity index (χ0v) is 11.4. The maximum Gasteiger partial charge on any atom is 0.314 e. The Morgan fingerprint density at radius 1 is 1.30 bits per heavy atom. The third kappa shape index (κ3) is 2.75. The Balaban J connectivity index is 2.49. The van der Waals surface area contributed by atoms with Crippen LogP contribution in [0.5, 0.6) is 11.5 Å². The van der Waals surface area contributed by atoms with Crippen LogP contribution in [0, 0.1) is 27.3 Å². The fourth-order valence-corrected chi connectivity index (χ4v) is 1.97. The van der Waals surface area contributed by atoms with Gasteiger partial charge < -0.3 is 4.74 Å². The molecule has 20 heavy (non-hydrogen) atoms. The van der Waals surface area contributed by atoms with Gasteiger partial charge >= 0.3 is 5.69 Å². The van der Waals surface area contributed by atoms with Crippen LogP contribution in [0.4, 0.5) is 10.1 Å². The molecule has 7 heteroatoms. The highest BCUT2D eigenvalue weighted by Gasteiger charge is 2.18. The van der Waals surface area contributed by atoms with Crippen LogP contribution in [0.3, 0.4) is 0 Å². The second kappa shape index (κ2) is 5.67. The molecule has 100 valence electrons. The lowest BCUT2D eigenvalue weighted by Gasteiger charge is -2.08. The van der Waals surface area contributed by atoms with E-state index in [9.17, 15) is 14.5 Å². The van der Waals surface area contributed by atoms with Crippen LogP contribution in [0.1, 0.15) is 5.56 Å². The number of nitro benzene ring substituents is 1. The molecule has 0 atom stereocenters. The van der Waals surface area contributed by atoms with Crippen molar-refractivity contribution in [2.45, 2.75) is 0 Å². The van der Waals surface area contributed by atoms with E-state index in [4.69, 9.17) is 10.00 Å². The number of hydrogen-bond acceptors (Lipinski definition) is 4. The number of nitrogens with zero attached hydrogens (tertiary/aromatic N) is 2. The largest absolute Gasteiger partial charge is 0.449 e. The highest BCUT2D eigenvalue weighted by molar-refractivity contribution is 9.10. The van der Waals surface area contributed by atoms with E-state index in [0.717, 1.165) is 18.2 Å². The van der Waals surface area contributed by atoms with E-state index in [1.54, 1.807) is 12.1 Å². The van der Waals surface area contributed by atoms with Gasteiger partial charge in [-0.3, -0.25) is 10.1 Å². The smallest absolute Gasteiger partial charge is 0.314 e. The summed E-state index contributed by atoms with van der Waals surface area (Å²) in [4.78, 5) is 10.1. The Bertz CT molecular complexity index is 728. The van der Waals surface area contributed by atoms with E-state index in [1.165, 1.54) is 6.07 Å². The lowest BCUT2D eigenvalue weighted by molar-refractivity contribution is -0.385. The fourth-order valence-electron chi connectivity index (χ4n) is 1.54. The lowest BCUT2D eigenvalue weighted by Crippen LogP contribution is -1.96. The van der Waals surface area contributed by atoms with Gasteiger partial charge in [0.15, 0.2) is 0 Å². The van der Waals surface area contributed by atoms with Crippen molar-refractivity contribution in [1.82, 2.24) is 0 Å². The lowest BCUT2D eigenvalue weighted by atomic mass is 10.2. The molecule has 0 radical (unpaired) electrons. The number of rotatable bonds is 3. The monoisotopic (exact) mass is 336 g/mol. The average molecular weight is 337 g/mol.